The summed E-state index contributed by atoms with van der Waals surface area (Å²) in [6, 6.07) is 0. The smallest absolute Gasteiger partial charge is 0.0714 e. The van der Waals surface area contributed by atoms with Crippen LogP contribution in [-0.2, 0) is 4.74 Å². The molecule has 2 saturated carbocycles. The molecule has 0 aromatic carbocycles. The first-order valence-corrected chi connectivity index (χ1v) is 5.03. The van der Waals surface area contributed by atoms with Gasteiger partial charge in [-0.2, -0.15) is 0 Å². The summed E-state index contributed by atoms with van der Waals surface area (Å²) in [5.74, 6) is 1.99. The maximum atomic E-state index is 5.94. The summed E-state index contributed by atoms with van der Waals surface area (Å²) in [5, 5.41) is 0. The summed E-state index contributed by atoms with van der Waals surface area (Å²) in [6.07, 6.45) is 8.54. The van der Waals surface area contributed by atoms with Gasteiger partial charge in [-0.1, -0.05) is 0 Å². The molecule has 1 saturated heterocycles. The van der Waals surface area contributed by atoms with Crippen molar-refractivity contribution in [3.8, 4) is 0 Å². The predicted molar refractivity (Wildman–Crippen MR) is 43.4 cm³/mol. The molecule has 3 aliphatic rings. The van der Waals surface area contributed by atoms with Crippen LogP contribution in [0.5, 0.6) is 0 Å². The van der Waals surface area contributed by atoms with Crippen molar-refractivity contribution in [1.82, 2.24) is 0 Å². The first-order valence-electron chi connectivity index (χ1n) is 5.03. The van der Waals surface area contributed by atoms with Gasteiger partial charge in [0.2, 0.25) is 0 Å². The van der Waals surface area contributed by atoms with Gasteiger partial charge in [0.25, 0.3) is 0 Å². The van der Waals surface area contributed by atoms with Gasteiger partial charge in [0.1, 0.15) is 0 Å². The average molecular weight is 152 g/mol. The van der Waals surface area contributed by atoms with E-state index in [0.717, 1.165) is 18.4 Å². The molecule has 0 amide bonds. The Bertz CT molecular complexity index is 170. The molecule has 3 rings (SSSR count). The van der Waals surface area contributed by atoms with E-state index in [2.05, 4.69) is 0 Å². The monoisotopic (exact) mass is 152 g/mol. The Morgan fingerprint density at radius 1 is 1.27 bits per heavy atom. The highest BCUT2D eigenvalue weighted by Gasteiger charge is 2.52. The molecule has 0 aromatic heterocycles. The van der Waals surface area contributed by atoms with Crippen LogP contribution >= 0.6 is 0 Å². The summed E-state index contributed by atoms with van der Waals surface area (Å²) in [4.78, 5) is 0. The first-order chi connectivity index (χ1) is 5.39. The summed E-state index contributed by atoms with van der Waals surface area (Å²) in [5.41, 5.74) is 0.406. The minimum Gasteiger partial charge on any atom is -0.375 e. The number of ether oxygens (including phenoxy) is 1. The van der Waals surface area contributed by atoms with Crippen LogP contribution in [0.15, 0.2) is 0 Å². The lowest BCUT2D eigenvalue weighted by Gasteiger charge is -2.32. The molecule has 1 heteroatoms. The van der Waals surface area contributed by atoms with E-state index in [0.29, 0.717) is 5.60 Å². The fourth-order valence-corrected chi connectivity index (χ4v) is 3.60. The van der Waals surface area contributed by atoms with Crippen LogP contribution in [0.25, 0.3) is 0 Å². The van der Waals surface area contributed by atoms with E-state index in [1.54, 1.807) is 0 Å². The molecular formula is C10H16O. The van der Waals surface area contributed by atoms with Crippen LogP contribution in [0.1, 0.15) is 38.5 Å². The molecule has 1 nitrogen and oxygen atoms in total. The number of fused-ring (bicyclic) bond motifs is 3. The Morgan fingerprint density at radius 3 is 2.82 bits per heavy atom. The molecule has 2 aliphatic carbocycles. The first kappa shape index (κ1) is 6.47. The number of rotatable bonds is 0. The van der Waals surface area contributed by atoms with Gasteiger partial charge in [-0.15, -0.1) is 0 Å². The van der Waals surface area contributed by atoms with Crippen molar-refractivity contribution < 1.29 is 4.74 Å². The molecule has 2 bridgehead atoms. The fraction of sp³-hybridized carbons (Fsp3) is 1.00. The van der Waals surface area contributed by atoms with Crippen molar-refractivity contribution in [3.05, 3.63) is 0 Å². The molecule has 0 N–H and O–H groups in total. The summed E-state index contributed by atoms with van der Waals surface area (Å²) in [6.45, 7) is 1.04. The van der Waals surface area contributed by atoms with Gasteiger partial charge in [0, 0.05) is 6.61 Å². The average Bonchev–Trinajstić information content (AvgIpc) is 2.64. The summed E-state index contributed by atoms with van der Waals surface area (Å²) >= 11 is 0. The van der Waals surface area contributed by atoms with E-state index in [-0.39, 0.29) is 0 Å². The van der Waals surface area contributed by atoms with Crippen LogP contribution in [0, 0.1) is 11.8 Å². The van der Waals surface area contributed by atoms with E-state index >= 15 is 0 Å². The quantitative estimate of drug-likeness (QED) is 0.517. The molecule has 1 spiro atoms. The minimum absolute atomic E-state index is 0.406. The van der Waals surface area contributed by atoms with E-state index in [4.69, 9.17) is 4.74 Å². The third kappa shape index (κ3) is 0.752. The zero-order valence-corrected chi connectivity index (χ0v) is 7.01. The molecule has 3 atom stereocenters. The standard InChI is InChI=1S/C10H16O/c1-4-10(11-5-1)7-8-2-3-9(10)6-8/h8-9H,1-7H2. The normalized spacial score (nSPS) is 54.5. The van der Waals surface area contributed by atoms with E-state index in [1.807, 2.05) is 0 Å². The third-order valence-electron chi connectivity index (χ3n) is 4.05. The second-order valence-electron chi connectivity index (χ2n) is 4.60. The number of hydrogen-bond acceptors (Lipinski definition) is 1. The summed E-state index contributed by atoms with van der Waals surface area (Å²) < 4.78 is 5.94. The van der Waals surface area contributed by atoms with Crippen molar-refractivity contribution in [2.45, 2.75) is 44.1 Å². The molecule has 0 radical (unpaired) electrons. The van der Waals surface area contributed by atoms with Gasteiger partial charge in [0.05, 0.1) is 5.60 Å². The molecule has 1 heterocycles. The Balaban J connectivity index is 1.88. The van der Waals surface area contributed by atoms with E-state index in [9.17, 15) is 0 Å². The predicted octanol–water partition coefficient (Wildman–Crippen LogP) is 2.36. The van der Waals surface area contributed by atoms with Gasteiger partial charge in [0.15, 0.2) is 0 Å². The van der Waals surface area contributed by atoms with Crippen molar-refractivity contribution in [2.24, 2.45) is 11.8 Å². The molecule has 0 aromatic rings. The maximum Gasteiger partial charge on any atom is 0.0714 e. The fourth-order valence-electron chi connectivity index (χ4n) is 3.60. The van der Waals surface area contributed by atoms with Crippen molar-refractivity contribution in [3.63, 3.8) is 0 Å². The topological polar surface area (TPSA) is 9.23 Å². The Labute approximate surface area is 68.1 Å². The lowest BCUT2D eigenvalue weighted by Crippen LogP contribution is -2.33. The van der Waals surface area contributed by atoms with Gasteiger partial charge in [-0.25, -0.2) is 0 Å². The molecular weight excluding hydrogens is 136 g/mol. The molecule has 62 valence electrons. The second-order valence-corrected chi connectivity index (χ2v) is 4.60. The van der Waals surface area contributed by atoms with Gasteiger partial charge < -0.3 is 4.74 Å². The Hall–Kier alpha value is -0.0400. The highest BCUT2D eigenvalue weighted by Crippen LogP contribution is 2.56. The van der Waals surface area contributed by atoms with Gasteiger partial charge in [-0.3, -0.25) is 0 Å². The zero-order valence-electron chi connectivity index (χ0n) is 7.01. The Morgan fingerprint density at radius 2 is 2.27 bits per heavy atom. The lowest BCUT2D eigenvalue weighted by molar-refractivity contribution is -0.0388. The Kier molecular flexibility index (Phi) is 1.18. The van der Waals surface area contributed by atoms with Crippen LogP contribution in [-0.4, -0.2) is 12.2 Å². The molecule has 3 fully saturated rings. The molecule has 3 unspecified atom stereocenters. The zero-order chi connectivity index (χ0) is 7.31. The van der Waals surface area contributed by atoms with E-state index < -0.39 is 0 Å². The van der Waals surface area contributed by atoms with Crippen LogP contribution in [0.2, 0.25) is 0 Å². The van der Waals surface area contributed by atoms with Crippen LogP contribution in [0.4, 0.5) is 0 Å². The van der Waals surface area contributed by atoms with Crippen molar-refractivity contribution >= 4 is 0 Å². The second kappa shape index (κ2) is 2.01. The van der Waals surface area contributed by atoms with Gasteiger partial charge >= 0.3 is 0 Å². The van der Waals surface area contributed by atoms with Crippen LogP contribution < -0.4 is 0 Å². The van der Waals surface area contributed by atoms with Crippen LogP contribution in [0.3, 0.4) is 0 Å². The SMILES string of the molecule is C1COC2(C1)CC1CCC2C1. The molecule has 1 aliphatic heterocycles. The lowest BCUT2D eigenvalue weighted by atomic mass is 9.82. The van der Waals surface area contributed by atoms with E-state index in [1.165, 1.54) is 38.5 Å². The molecule has 11 heavy (non-hydrogen) atoms. The summed E-state index contributed by atoms with van der Waals surface area (Å²) in [7, 11) is 0. The minimum atomic E-state index is 0.406. The number of hydrogen-bond donors (Lipinski definition) is 0. The van der Waals surface area contributed by atoms with Crippen molar-refractivity contribution in [2.75, 3.05) is 6.61 Å². The third-order valence-corrected chi connectivity index (χ3v) is 4.05. The van der Waals surface area contributed by atoms with Crippen molar-refractivity contribution in [1.29, 1.82) is 0 Å². The maximum absolute atomic E-state index is 5.94. The van der Waals surface area contributed by atoms with Gasteiger partial charge in [-0.05, 0) is 50.4 Å². The highest BCUT2D eigenvalue weighted by molar-refractivity contribution is 5.03. The highest BCUT2D eigenvalue weighted by atomic mass is 16.5. The largest absolute Gasteiger partial charge is 0.375 e.